The van der Waals surface area contributed by atoms with Crippen LogP contribution in [0.4, 0.5) is 5.95 Å². The first-order valence-corrected chi connectivity index (χ1v) is 5.56. The number of hydrogen-bond acceptors (Lipinski definition) is 5. The molecule has 1 N–H and O–H groups in total. The summed E-state index contributed by atoms with van der Waals surface area (Å²) in [6, 6.07) is 0.741. The molecular weight excluding hydrogens is 192 g/mol. The number of hydrogen-bond donors (Lipinski definition) is 1. The Labute approximate surface area is 89.8 Å². The van der Waals surface area contributed by atoms with Gasteiger partial charge < -0.3 is 14.7 Å². The minimum Gasteiger partial charge on any atom is -0.342 e. The molecule has 0 atom stereocenters. The van der Waals surface area contributed by atoms with Gasteiger partial charge in [0.1, 0.15) is 0 Å². The van der Waals surface area contributed by atoms with Gasteiger partial charge in [0.25, 0.3) is 5.95 Å². The van der Waals surface area contributed by atoms with Crippen molar-refractivity contribution >= 4 is 5.95 Å². The van der Waals surface area contributed by atoms with Crippen LogP contribution in [0.1, 0.15) is 25.7 Å². The highest BCUT2D eigenvalue weighted by Crippen LogP contribution is 2.18. The lowest BCUT2D eigenvalue weighted by Crippen LogP contribution is -2.19. The van der Waals surface area contributed by atoms with E-state index in [4.69, 9.17) is 4.52 Å². The predicted molar refractivity (Wildman–Crippen MR) is 58.0 cm³/mol. The largest absolute Gasteiger partial charge is 0.342 e. The smallest absolute Gasteiger partial charge is 0.265 e. The molecule has 0 amide bonds. The topological polar surface area (TPSA) is 54.2 Å². The second kappa shape index (κ2) is 4.61. The Balaban J connectivity index is 1.77. The van der Waals surface area contributed by atoms with Gasteiger partial charge in [-0.05, 0) is 24.9 Å². The van der Waals surface area contributed by atoms with Crippen molar-refractivity contribution in [2.24, 2.45) is 0 Å². The third kappa shape index (κ3) is 2.92. The molecule has 5 heteroatoms. The summed E-state index contributed by atoms with van der Waals surface area (Å²) in [4.78, 5) is 6.27. The van der Waals surface area contributed by atoms with Crippen LogP contribution in [-0.2, 0) is 6.42 Å². The fraction of sp³-hybridized carbons (Fsp3) is 0.800. The normalized spacial score (nSPS) is 15.6. The Bertz CT molecular complexity index is 308. The van der Waals surface area contributed by atoms with E-state index in [9.17, 15) is 0 Å². The van der Waals surface area contributed by atoms with E-state index in [0.717, 1.165) is 31.4 Å². The second-order valence-corrected chi connectivity index (χ2v) is 3.98. The first kappa shape index (κ1) is 10.4. The Morgan fingerprint density at radius 3 is 3.00 bits per heavy atom. The number of nitrogens with zero attached hydrogens (tertiary/aromatic N) is 3. The molecule has 5 nitrogen and oxygen atoms in total. The Morgan fingerprint density at radius 1 is 1.53 bits per heavy atom. The lowest BCUT2D eigenvalue weighted by Gasteiger charge is -2.08. The van der Waals surface area contributed by atoms with Crippen LogP contribution in [0.5, 0.6) is 0 Å². The fourth-order valence-corrected chi connectivity index (χ4v) is 1.31. The van der Waals surface area contributed by atoms with Crippen molar-refractivity contribution in [3.8, 4) is 0 Å². The first-order chi connectivity index (χ1) is 7.29. The molecule has 1 heterocycles. The lowest BCUT2D eigenvalue weighted by molar-refractivity contribution is 0.375. The van der Waals surface area contributed by atoms with E-state index in [1.165, 1.54) is 12.8 Å². The summed E-state index contributed by atoms with van der Waals surface area (Å²) in [6.07, 6.45) is 3.45. The molecule has 0 bridgehead atoms. The minimum atomic E-state index is 0.680. The van der Waals surface area contributed by atoms with E-state index in [1.54, 1.807) is 0 Å². The highest BCUT2D eigenvalue weighted by molar-refractivity contribution is 5.25. The van der Waals surface area contributed by atoms with Gasteiger partial charge in [0.2, 0.25) is 5.89 Å². The van der Waals surface area contributed by atoms with Gasteiger partial charge in [-0.3, -0.25) is 0 Å². The van der Waals surface area contributed by atoms with E-state index in [0.29, 0.717) is 5.95 Å². The van der Waals surface area contributed by atoms with Gasteiger partial charge in [-0.2, -0.15) is 4.98 Å². The van der Waals surface area contributed by atoms with Gasteiger partial charge in [-0.25, -0.2) is 0 Å². The molecule has 0 aliphatic heterocycles. The average Bonchev–Trinajstić information content (AvgIpc) is 2.94. The highest BCUT2D eigenvalue weighted by atomic mass is 16.5. The van der Waals surface area contributed by atoms with Gasteiger partial charge in [-0.15, -0.1) is 0 Å². The molecule has 2 rings (SSSR count). The zero-order chi connectivity index (χ0) is 10.7. The monoisotopic (exact) mass is 210 g/mol. The van der Waals surface area contributed by atoms with Gasteiger partial charge >= 0.3 is 0 Å². The van der Waals surface area contributed by atoms with E-state index in [1.807, 2.05) is 11.9 Å². The average molecular weight is 210 g/mol. The van der Waals surface area contributed by atoms with Crippen molar-refractivity contribution in [2.75, 3.05) is 25.0 Å². The maximum Gasteiger partial charge on any atom is 0.265 e. The van der Waals surface area contributed by atoms with Gasteiger partial charge in [0.15, 0.2) is 0 Å². The number of nitrogens with one attached hydrogen (secondary N) is 1. The Morgan fingerprint density at radius 2 is 2.33 bits per heavy atom. The summed E-state index contributed by atoms with van der Waals surface area (Å²) < 4.78 is 5.15. The standard InChI is InChI=1S/C10H18N4O/c1-3-14(2)10-12-9(15-13-10)6-7-11-8-4-5-8/h8,11H,3-7H2,1-2H3. The first-order valence-electron chi connectivity index (χ1n) is 5.56. The van der Waals surface area contributed by atoms with Crippen molar-refractivity contribution in [3.05, 3.63) is 5.89 Å². The quantitative estimate of drug-likeness (QED) is 0.753. The molecule has 0 unspecified atom stereocenters. The predicted octanol–water partition coefficient (Wildman–Crippen LogP) is 0.820. The second-order valence-electron chi connectivity index (χ2n) is 3.98. The zero-order valence-corrected chi connectivity index (χ0v) is 9.36. The molecule has 0 saturated heterocycles. The van der Waals surface area contributed by atoms with Crippen LogP contribution in [0, 0.1) is 0 Å². The number of aromatic nitrogens is 2. The summed E-state index contributed by atoms with van der Waals surface area (Å²) >= 11 is 0. The lowest BCUT2D eigenvalue weighted by atomic mass is 10.4. The summed E-state index contributed by atoms with van der Waals surface area (Å²) in [5, 5.41) is 7.33. The summed E-state index contributed by atoms with van der Waals surface area (Å²) in [6.45, 7) is 3.88. The third-order valence-electron chi connectivity index (χ3n) is 2.62. The molecule has 1 saturated carbocycles. The van der Waals surface area contributed by atoms with Crippen LogP contribution in [0.25, 0.3) is 0 Å². The maximum absolute atomic E-state index is 5.15. The molecule has 1 aromatic rings. The summed E-state index contributed by atoms with van der Waals surface area (Å²) in [7, 11) is 1.96. The van der Waals surface area contributed by atoms with E-state index >= 15 is 0 Å². The van der Waals surface area contributed by atoms with Crippen LogP contribution in [0.2, 0.25) is 0 Å². The highest BCUT2D eigenvalue weighted by Gasteiger charge is 2.20. The molecule has 0 spiro atoms. The van der Waals surface area contributed by atoms with Crippen LogP contribution >= 0.6 is 0 Å². The minimum absolute atomic E-state index is 0.680. The molecule has 1 aliphatic rings. The van der Waals surface area contributed by atoms with Crippen molar-refractivity contribution < 1.29 is 4.52 Å². The van der Waals surface area contributed by atoms with Gasteiger partial charge in [0.05, 0.1) is 0 Å². The molecule has 15 heavy (non-hydrogen) atoms. The van der Waals surface area contributed by atoms with Crippen molar-refractivity contribution in [2.45, 2.75) is 32.2 Å². The molecule has 84 valence electrons. The van der Waals surface area contributed by atoms with Crippen molar-refractivity contribution in [1.29, 1.82) is 0 Å². The number of rotatable bonds is 6. The molecular formula is C10H18N4O. The van der Waals surface area contributed by atoms with Gasteiger partial charge in [0, 0.05) is 32.6 Å². The summed E-state index contributed by atoms with van der Waals surface area (Å²) in [5.74, 6) is 1.40. The molecule has 1 fully saturated rings. The van der Waals surface area contributed by atoms with Crippen molar-refractivity contribution in [1.82, 2.24) is 15.5 Å². The van der Waals surface area contributed by atoms with E-state index in [-0.39, 0.29) is 0 Å². The molecule has 1 aliphatic carbocycles. The maximum atomic E-state index is 5.15. The Hall–Kier alpha value is -1.10. The molecule has 0 aromatic carbocycles. The molecule has 0 radical (unpaired) electrons. The number of anilines is 1. The van der Waals surface area contributed by atoms with Crippen LogP contribution in [-0.4, -0.2) is 36.3 Å². The molecule has 1 aromatic heterocycles. The van der Waals surface area contributed by atoms with Crippen LogP contribution in [0.15, 0.2) is 4.52 Å². The Kier molecular flexibility index (Phi) is 3.20. The van der Waals surface area contributed by atoms with Gasteiger partial charge in [-0.1, -0.05) is 0 Å². The SMILES string of the molecule is CCN(C)c1noc(CCNC2CC2)n1. The van der Waals surface area contributed by atoms with Crippen LogP contribution < -0.4 is 10.2 Å². The van der Waals surface area contributed by atoms with Crippen molar-refractivity contribution in [3.63, 3.8) is 0 Å². The van der Waals surface area contributed by atoms with E-state index < -0.39 is 0 Å². The summed E-state index contributed by atoms with van der Waals surface area (Å²) in [5.41, 5.74) is 0. The van der Waals surface area contributed by atoms with Crippen LogP contribution in [0.3, 0.4) is 0 Å². The fourth-order valence-electron chi connectivity index (χ4n) is 1.31. The third-order valence-corrected chi connectivity index (χ3v) is 2.62. The van der Waals surface area contributed by atoms with E-state index in [2.05, 4.69) is 22.4 Å². The zero-order valence-electron chi connectivity index (χ0n) is 9.36.